The first kappa shape index (κ1) is 14.4. The summed E-state index contributed by atoms with van der Waals surface area (Å²) < 4.78 is 1.05. The van der Waals surface area contributed by atoms with Crippen molar-refractivity contribution in [3.8, 4) is 0 Å². The van der Waals surface area contributed by atoms with Crippen molar-refractivity contribution in [2.24, 2.45) is 10.9 Å². The van der Waals surface area contributed by atoms with Crippen LogP contribution in [0, 0.1) is 6.92 Å². The Balaban J connectivity index is 2.19. The molecule has 0 radical (unpaired) electrons. The average molecular weight is 334 g/mol. The molecular formula is C15H16BrN3O. The molecule has 4 nitrogen and oxygen atoms in total. The van der Waals surface area contributed by atoms with Gasteiger partial charge < -0.3 is 16.3 Å². The lowest BCUT2D eigenvalue weighted by atomic mass is 10.1. The zero-order valence-corrected chi connectivity index (χ0v) is 12.7. The number of hydrogen-bond acceptors (Lipinski definition) is 3. The van der Waals surface area contributed by atoms with Gasteiger partial charge in [-0.05, 0) is 36.2 Å². The molecular weight excluding hydrogens is 318 g/mol. The van der Waals surface area contributed by atoms with E-state index in [4.69, 9.17) is 10.9 Å². The lowest BCUT2D eigenvalue weighted by Gasteiger charge is -2.12. The maximum absolute atomic E-state index is 8.81. The first-order chi connectivity index (χ1) is 9.61. The molecule has 0 aliphatic rings. The van der Waals surface area contributed by atoms with E-state index in [0.717, 1.165) is 26.9 Å². The van der Waals surface area contributed by atoms with Crippen molar-refractivity contribution in [3.63, 3.8) is 0 Å². The van der Waals surface area contributed by atoms with Crippen LogP contribution >= 0.6 is 15.9 Å². The molecule has 2 aromatic rings. The van der Waals surface area contributed by atoms with E-state index in [1.807, 2.05) is 43.3 Å². The van der Waals surface area contributed by atoms with Crippen LogP contribution in [0.4, 0.5) is 5.69 Å². The number of nitrogens with one attached hydrogen (secondary N) is 1. The fraction of sp³-hybridized carbons (Fsp3) is 0.133. The molecule has 0 saturated heterocycles. The van der Waals surface area contributed by atoms with E-state index in [1.165, 1.54) is 0 Å². The zero-order chi connectivity index (χ0) is 14.5. The van der Waals surface area contributed by atoms with Crippen molar-refractivity contribution in [2.45, 2.75) is 13.5 Å². The lowest BCUT2D eigenvalue weighted by molar-refractivity contribution is 0.318. The van der Waals surface area contributed by atoms with Crippen LogP contribution in [0.1, 0.15) is 16.7 Å². The van der Waals surface area contributed by atoms with Gasteiger partial charge in [0.15, 0.2) is 5.84 Å². The Morgan fingerprint density at radius 2 is 2.05 bits per heavy atom. The fourth-order valence-electron chi connectivity index (χ4n) is 1.99. The van der Waals surface area contributed by atoms with Gasteiger partial charge in [-0.1, -0.05) is 45.4 Å². The molecule has 0 amide bonds. The number of oxime groups is 1. The predicted octanol–water partition coefficient (Wildman–Crippen LogP) is 3.46. The van der Waals surface area contributed by atoms with E-state index in [-0.39, 0.29) is 5.84 Å². The van der Waals surface area contributed by atoms with E-state index in [9.17, 15) is 0 Å². The van der Waals surface area contributed by atoms with Gasteiger partial charge in [-0.2, -0.15) is 0 Å². The second-order valence-corrected chi connectivity index (χ2v) is 5.37. The molecule has 4 N–H and O–H groups in total. The van der Waals surface area contributed by atoms with Gasteiger partial charge in [0, 0.05) is 22.3 Å². The van der Waals surface area contributed by atoms with Crippen LogP contribution in [0.3, 0.4) is 0 Å². The maximum Gasteiger partial charge on any atom is 0.170 e. The van der Waals surface area contributed by atoms with Crippen LogP contribution in [0.25, 0.3) is 0 Å². The summed E-state index contributed by atoms with van der Waals surface area (Å²) in [6.45, 7) is 2.65. The third kappa shape index (κ3) is 3.30. The Kier molecular flexibility index (Phi) is 4.63. The van der Waals surface area contributed by atoms with E-state index >= 15 is 0 Å². The van der Waals surface area contributed by atoms with E-state index in [0.29, 0.717) is 6.54 Å². The van der Waals surface area contributed by atoms with Crippen LogP contribution in [-0.4, -0.2) is 11.0 Å². The summed E-state index contributed by atoms with van der Waals surface area (Å²) in [5, 5.41) is 15.2. The maximum atomic E-state index is 8.81. The number of anilines is 1. The molecule has 0 heterocycles. The molecule has 0 atom stereocenters. The monoisotopic (exact) mass is 333 g/mol. The quantitative estimate of drug-likeness (QED) is 0.347. The largest absolute Gasteiger partial charge is 0.409 e. The van der Waals surface area contributed by atoms with Gasteiger partial charge in [0.1, 0.15) is 0 Å². The summed E-state index contributed by atoms with van der Waals surface area (Å²) in [4.78, 5) is 0. The van der Waals surface area contributed by atoms with Crippen LogP contribution < -0.4 is 11.1 Å². The Hall–Kier alpha value is -2.01. The minimum absolute atomic E-state index is 0.120. The second kappa shape index (κ2) is 6.43. The number of halogens is 1. The molecule has 20 heavy (non-hydrogen) atoms. The highest BCUT2D eigenvalue weighted by molar-refractivity contribution is 9.10. The van der Waals surface area contributed by atoms with Gasteiger partial charge in [0.05, 0.1) is 0 Å². The topological polar surface area (TPSA) is 70.6 Å². The van der Waals surface area contributed by atoms with Crippen molar-refractivity contribution in [3.05, 3.63) is 63.6 Å². The van der Waals surface area contributed by atoms with E-state index in [1.54, 1.807) is 0 Å². The van der Waals surface area contributed by atoms with E-state index < -0.39 is 0 Å². The van der Waals surface area contributed by atoms with Crippen LogP contribution in [0.5, 0.6) is 0 Å². The average Bonchev–Trinajstić information content (AvgIpc) is 2.46. The van der Waals surface area contributed by atoms with Crippen molar-refractivity contribution < 1.29 is 5.21 Å². The molecule has 0 saturated carbocycles. The predicted molar refractivity (Wildman–Crippen MR) is 85.2 cm³/mol. The smallest absolute Gasteiger partial charge is 0.170 e. The highest BCUT2D eigenvalue weighted by atomic mass is 79.9. The molecule has 5 heteroatoms. The van der Waals surface area contributed by atoms with E-state index in [2.05, 4.69) is 32.5 Å². The summed E-state index contributed by atoms with van der Waals surface area (Å²) in [7, 11) is 0. The van der Waals surface area contributed by atoms with Gasteiger partial charge in [0.25, 0.3) is 0 Å². The number of amidine groups is 1. The Labute approximate surface area is 126 Å². The first-order valence-electron chi connectivity index (χ1n) is 6.17. The summed E-state index contributed by atoms with van der Waals surface area (Å²) in [6.07, 6.45) is 0. The highest BCUT2D eigenvalue weighted by Crippen LogP contribution is 2.21. The number of aryl methyl sites for hydroxylation is 1. The van der Waals surface area contributed by atoms with Crippen molar-refractivity contribution in [2.75, 3.05) is 5.32 Å². The minimum atomic E-state index is 0.120. The first-order valence-corrected chi connectivity index (χ1v) is 6.97. The molecule has 0 spiro atoms. The SMILES string of the molecule is Cc1cc(Br)ccc1NCc1ccccc1C(N)=NO. The Morgan fingerprint density at radius 3 is 2.75 bits per heavy atom. The Morgan fingerprint density at radius 1 is 1.30 bits per heavy atom. The Bertz CT molecular complexity index is 641. The molecule has 0 unspecified atom stereocenters. The lowest BCUT2D eigenvalue weighted by Crippen LogP contribution is -2.16. The van der Waals surface area contributed by atoms with Gasteiger partial charge >= 0.3 is 0 Å². The number of nitrogens with zero attached hydrogens (tertiary/aromatic N) is 1. The van der Waals surface area contributed by atoms with Gasteiger partial charge in [-0.25, -0.2) is 0 Å². The molecule has 2 rings (SSSR count). The zero-order valence-electron chi connectivity index (χ0n) is 11.1. The van der Waals surface area contributed by atoms with Gasteiger partial charge in [-0.3, -0.25) is 0 Å². The third-order valence-corrected chi connectivity index (χ3v) is 3.55. The second-order valence-electron chi connectivity index (χ2n) is 4.46. The number of benzene rings is 2. The van der Waals surface area contributed by atoms with Crippen LogP contribution in [0.2, 0.25) is 0 Å². The molecule has 0 fully saturated rings. The van der Waals surface area contributed by atoms with Gasteiger partial charge in [0.2, 0.25) is 0 Å². The molecule has 0 aromatic heterocycles. The number of nitrogens with two attached hydrogens (primary N) is 1. The normalized spacial score (nSPS) is 11.4. The van der Waals surface area contributed by atoms with Crippen molar-refractivity contribution in [1.29, 1.82) is 0 Å². The van der Waals surface area contributed by atoms with Crippen molar-refractivity contribution >= 4 is 27.5 Å². The third-order valence-electron chi connectivity index (χ3n) is 3.06. The number of hydrogen-bond donors (Lipinski definition) is 3. The molecule has 0 aliphatic heterocycles. The van der Waals surface area contributed by atoms with Crippen LogP contribution in [-0.2, 0) is 6.54 Å². The highest BCUT2D eigenvalue weighted by Gasteiger charge is 2.06. The summed E-state index contributed by atoms with van der Waals surface area (Å²) in [5.41, 5.74) is 9.60. The summed E-state index contributed by atoms with van der Waals surface area (Å²) in [5.74, 6) is 0.120. The molecule has 0 bridgehead atoms. The molecule has 2 aromatic carbocycles. The minimum Gasteiger partial charge on any atom is -0.409 e. The summed E-state index contributed by atoms with van der Waals surface area (Å²) >= 11 is 3.44. The summed E-state index contributed by atoms with van der Waals surface area (Å²) in [6, 6.07) is 13.6. The molecule has 0 aliphatic carbocycles. The standard InChI is InChI=1S/C15H16BrN3O/c1-10-8-12(16)6-7-14(10)18-9-11-4-2-3-5-13(11)15(17)19-20/h2-8,18,20H,9H2,1H3,(H2,17,19). The van der Waals surface area contributed by atoms with Crippen molar-refractivity contribution in [1.82, 2.24) is 0 Å². The van der Waals surface area contributed by atoms with Crippen LogP contribution in [0.15, 0.2) is 52.1 Å². The van der Waals surface area contributed by atoms with Gasteiger partial charge in [-0.15, -0.1) is 0 Å². The molecule has 104 valence electrons. The number of rotatable bonds is 4. The fourth-order valence-corrected chi connectivity index (χ4v) is 2.47.